The van der Waals surface area contributed by atoms with Crippen molar-refractivity contribution in [2.24, 2.45) is 0 Å². The maximum atomic E-state index is 13.8. The molecule has 0 aromatic carbocycles. The SMILES string of the molecule is CCc1ncnc(C2CC2)c1-c1ncc2nc(NCc3ccc(S(=O)(=O)CC)cn3)c(=O)n(C(CC)CC)c2n1. The topological polar surface area (TPSA) is 146 Å². The van der Waals surface area contributed by atoms with Gasteiger partial charge in [-0.05, 0) is 44.2 Å². The molecule has 1 aliphatic rings. The standard InChI is InChI=1S/C28H34N8O3S/c1-5-19(6-2)36-27-22(15-31-25(35-27)23-21(7-3)32-16-33-24(23)17-9-10-17)34-26(28(36)37)30-13-18-11-12-20(14-29-18)40(38,39)8-4/h11-12,14-17,19H,5-10,13H2,1-4H3,(H,30,34). The number of anilines is 1. The van der Waals surface area contributed by atoms with Crippen molar-refractivity contribution in [3.8, 4) is 11.4 Å². The van der Waals surface area contributed by atoms with Gasteiger partial charge in [0.15, 0.2) is 27.1 Å². The molecule has 0 bridgehead atoms. The maximum Gasteiger partial charge on any atom is 0.295 e. The molecule has 40 heavy (non-hydrogen) atoms. The highest BCUT2D eigenvalue weighted by atomic mass is 32.2. The minimum atomic E-state index is -3.34. The summed E-state index contributed by atoms with van der Waals surface area (Å²) in [7, 11) is -3.34. The number of nitrogens with zero attached hydrogens (tertiary/aromatic N) is 7. The average molecular weight is 563 g/mol. The highest BCUT2D eigenvalue weighted by Gasteiger charge is 2.31. The van der Waals surface area contributed by atoms with Crippen LogP contribution >= 0.6 is 0 Å². The van der Waals surface area contributed by atoms with Crippen LogP contribution in [-0.2, 0) is 22.8 Å². The Morgan fingerprint density at radius 2 is 1.77 bits per heavy atom. The Balaban J connectivity index is 1.56. The van der Waals surface area contributed by atoms with Crippen LogP contribution < -0.4 is 10.9 Å². The van der Waals surface area contributed by atoms with E-state index in [9.17, 15) is 13.2 Å². The van der Waals surface area contributed by atoms with Crippen molar-refractivity contribution in [1.29, 1.82) is 0 Å². The zero-order valence-corrected chi connectivity index (χ0v) is 24.1. The molecule has 1 saturated carbocycles. The van der Waals surface area contributed by atoms with Crippen molar-refractivity contribution >= 4 is 26.8 Å². The molecule has 0 saturated heterocycles. The van der Waals surface area contributed by atoms with E-state index >= 15 is 0 Å². The summed E-state index contributed by atoms with van der Waals surface area (Å²) in [6.45, 7) is 7.94. The second kappa shape index (κ2) is 11.4. The third-order valence-electron chi connectivity index (χ3n) is 7.39. The zero-order chi connectivity index (χ0) is 28.4. The third-order valence-corrected chi connectivity index (χ3v) is 9.11. The Hall–Kier alpha value is -3.80. The van der Waals surface area contributed by atoms with Gasteiger partial charge in [0.25, 0.3) is 5.56 Å². The number of aryl methyl sites for hydroxylation is 1. The van der Waals surface area contributed by atoms with E-state index in [2.05, 4.69) is 30.2 Å². The van der Waals surface area contributed by atoms with Gasteiger partial charge in [-0.15, -0.1) is 0 Å². The van der Waals surface area contributed by atoms with E-state index in [1.807, 2.05) is 20.8 Å². The highest BCUT2D eigenvalue weighted by molar-refractivity contribution is 7.91. The van der Waals surface area contributed by atoms with Crippen LogP contribution in [0.1, 0.15) is 82.4 Å². The van der Waals surface area contributed by atoms with E-state index in [1.165, 1.54) is 12.3 Å². The van der Waals surface area contributed by atoms with E-state index in [4.69, 9.17) is 4.98 Å². The fraction of sp³-hybridized carbons (Fsp3) is 0.464. The summed E-state index contributed by atoms with van der Waals surface area (Å²) < 4.78 is 25.9. The van der Waals surface area contributed by atoms with Gasteiger partial charge in [-0.25, -0.2) is 33.3 Å². The number of rotatable bonds is 11. The summed E-state index contributed by atoms with van der Waals surface area (Å²) in [5.41, 5.74) is 4.01. The van der Waals surface area contributed by atoms with E-state index < -0.39 is 9.84 Å². The molecule has 0 atom stereocenters. The Bertz CT molecular complexity index is 1700. The van der Waals surface area contributed by atoms with Crippen LogP contribution in [0.25, 0.3) is 22.6 Å². The fourth-order valence-electron chi connectivity index (χ4n) is 4.89. The molecular weight excluding hydrogens is 528 g/mol. The molecule has 1 N–H and O–H groups in total. The molecule has 12 heteroatoms. The molecular formula is C28H34N8O3S. The van der Waals surface area contributed by atoms with Crippen molar-refractivity contribution in [1.82, 2.24) is 34.5 Å². The molecule has 5 rings (SSSR count). The van der Waals surface area contributed by atoms with Crippen molar-refractivity contribution in [2.75, 3.05) is 11.1 Å². The van der Waals surface area contributed by atoms with E-state index in [-0.39, 0.29) is 34.6 Å². The van der Waals surface area contributed by atoms with Crippen LogP contribution in [0, 0.1) is 0 Å². The Labute approximate surface area is 233 Å². The van der Waals surface area contributed by atoms with Crippen molar-refractivity contribution < 1.29 is 8.42 Å². The minimum Gasteiger partial charge on any atom is -0.360 e. The lowest BCUT2D eigenvalue weighted by molar-refractivity contribution is 0.469. The molecule has 4 heterocycles. The first-order valence-corrected chi connectivity index (χ1v) is 15.5. The van der Waals surface area contributed by atoms with Crippen molar-refractivity contribution in [3.05, 3.63) is 58.3 Å². The van der Waals surface area contributed by atoms with E-state index in [0.29, 0.717) is 28.6 Å². The van der Waals surface area contributed by atoms with Gasteiger partial charge in [-0.1, -0.05) is 27.7 Å². The number of fused-ring (bicyclic) bond motifs is 1. The first-order chi connectivity index (χ1) is 19.3. The Morgan fingerprint density at radius 1 is 1.00 bits per heavy atom. The molecule has 0 amide bonds. The van der Waals surface area contributed by atoms with Crippen LogP contribution in [0.3, 0.4) is 0 Å². The predicted molar refractivity (Wildman–Crippen MR) is 153 cm³/mol. The van der Waals surface area contributed by atoms with Gasteiger partial charge in [0.1, 0.15) is 11.8 Å². The molecule has 4 aromatic heterocycles. The summed E-state index contributed by atoms with van der Waals surface area (Å²) in [5, 5.41) is 3.10. The van der Waals surface area contributed by atoms with Gasteiger partial charge in [0.2, 0.25) is 0 Å². The number of aromatic nitrogens is 7. The Morgan fingerprint density at radius 3 is 2.40 bits per heavy atom. The predicted octanol–water partition coefficient (Wildman–Crippen LogP) is 4.25. The number of hydrogen-bond acceptors (Lipinski definition) is 10. The monoisotopic (exact) mass is 562 g/mol. The van der Waals surface area contributed by atoms with Crippen LogP contribution in [0.15, 0.2) is 40.5 Å². The summed E-state index contributed by atoms with van der Waals surface area (Å²) >= 11 is 0. The second-order valence-corrected chi connectivity index (χ2v) is 12.2. The molecule has 210 valence electrons. The zero-order valence-electron chi connectivity index (χ0n) is 23.3. The van der Waals surface area contributed by atoms with Crippen LogP contribution in [0.4, 0.5) is 5.82 Å². The summed E-state index contributed by atoms with van der Waals surface area (Å²) in [4.78, 5) is 41.5. The molecule has 0 aliphatic heterocycles. The molecule has 0 spiro atoms. The number of nitrogens with one attached hydrogen (secondary N) is 1. The molecule has 1 fully saturated rings. The van der Waals surface area contributed by atoms with Gasteiger partial charge in [-0.3, -0.25) is 14.3 Å². The lowest BCUT2D eigenvalue weighted by Crippen LogP contribution is -2.29. The maximum absolute atomic E-state index is 13.8. The fourth-order valence-corrected chi connectivity index (χ4v) is 5.71. The normalized spacial score (nSPS) is 13.7. The van der Waals surface area contributed by atoms with Crippen molar-refractivity contribution in [3.63, 3.8) is 0 Å². The van der Waals surface area contributed by atoms with Crippen LogP contribution in [0.2, 0.25) is 0 Å². The quantitative estimate of drug-likeness (QED) is 0.281. The smallest absolute Gasteiger partial charge is 0.295 e. The largest absolute Gasteiger partial charge is 0.360 e. The molecule has 0 unspecified atom stereocenters. The minimum absolute atomic E-state index is 0.00554. The first kappa shape index (κ1) is 27.8. The van der Waals surface area contributed by atoms with Gasteiger partial charge in [0, 0.05) is 18.2 Å². The highest BCUT2D eigenvalue weighted by Crippen LogP contribution is 2.43. The van der Waals surface area contributed by atoms with Gasteiger partial charge >= 0.3 is 0 Å². The average Bonchev–Trinajstić information content (AvgIpc) is 3.83. The van der Waals surface area contributed by atoms with Crippen LogP contribution in [0.5, 0.6) is 0 Å². The van der Waals surface area contributed by atoms with Crippen LogP contribution in [-0.4, -0.2) is 48.6 Å². The van der Waals surface area contributed by atoms with Crippen molar-refractivity contribution in [2.45, 2.75) is 83.2 Å². The first-order valence-electron chi connectivity index (χ1n) is 13.9. The van der Waals surface area contributed by atoms with E-state index in [0.717, 1.165) is 49.1 Å². The molecule has 0 radical (unpaired) electrons. The van der Waals surface area contributed by atoms with E-state index in [1.54, 1.807) is 30.1 Å². The molecule has 1 aliphatic carbocycles. The lowest BCUT2D eigenvalue weighted by Gasteiger charge is -2.20. The summed E-state index contributed by atoms with van der Waals surface area (Å²) in [6, 6.07) is 3.08. The van der Waals surface area contributed by atoms with Gasteiger partial charge in [-0.2, -0.15) is 0 Å². The number of hydrogen-bond donors (Lipinski definition) is 1. The molecule has 4 aromatic rings. The summed E-state index contributed by atoms with van der Waals surface area (Å²) in [6.07, 6.45) is 8.99. The lowest BCUT2D eigenvalue weighted by atomic mass is 10.1. The number of sulfone groups is 1. The molecule has 11 nitrogen and oxygen atoms in total. The Kier molecular flexibility index (Phi) is 7.88. The third kappa shape index (κ3) is 5.32. The van der Waals surface area contributed by atoms with Gasteiger partial charge in [0.05, 0.1) is 46.0 Å². The second-order valence-electron chi connectivity index (χ2n) is 9.96. The van der Waals surface area contributed by atoms with Gasteiger partial charge < -0.3 is 5.32 Å². The number of pyridine rings is 1. The summed E-state index contributed by atoms with van der Waals surface area (Å²) in [5.74, 6) is 1.07.